The molecule has 3 rings (SSSR count). The van der Waals surface area contributed by atoms with Crippen LogP contribution >= 0.6 is 24.0 Å². The molecule has 0 radical (unpaired) electrons. The lowest BCUT2D eigenvalue weighted by Crippen LogP contribution is -2.19. The number of thiocarbonyl (C=S) groups is 1. The van der Waals surface area contributed by atoms with Crippen molar-refractivity contribution in [1.29, 1.82) is 0 Å². The summed E-state index contributed by atoms with van der Waals surface area (Å²) < 4.78 is 0. The van der Waals surface area contributed by atoms with Crippen molar-refractivity contribution in [3.63, 3.8) is 0 Å². The zero-order valence-electron chi connectivity index (χ0n) is 12.3. The van der Waals surface area contributed by atoms with E-state index in [1.54, 1.807) is 24.2 Å². The first kappa shape index (κ1) is 15.5. The fraction of sp³-hybridized carbons (Fsp3) is 0. The van der Waals surface area contributed by atoms with Gasteiger partial charge in [0.15, 0.2) is 5.11 Å². The highest BCUT2D eigenvalue weighted by Crippen LogP contribution is 2.33. The Bertz CT molecular complexity index is 777. The maximum Gasteiger partial charge on any atom is 0.175 e. The summed E-state index contributed by atoms with van der Waals surface area (Å²) in [5, 5.41) is 6.92. The number of aromatic nitrogens is 1. The van der Waals surface area contributed by atoms with E-state index in [1.807, 2.05) is 48.5 Å². The monoisotopic (exact) mass is 337 g/mol. The van der Waals surface area contributed by atoms with E-state index >= 15 is 0 Å². The zero-order valence-corrected chi connectivity index (χ0v) is 13.9. The Balaban J connectivity index is 1.71. The predicted molar refractivity (Wildman–Crippen MR) is 101 cm³/mol. The Hall–Kier alpha value is -2.37. The molecule has 1 heterocycles. The normalized spacial score (nSPS) is 10.1. The molecule has 23 heavy (non-hydrogen) atoms. The van der Waals surface area contributed by atoms with Gasteiger partial charge in [0.05, 0.1) is 17.6 Å². The molecular formula is C18H15N3S2. The number of para-hydroxylation sites is 1. The minimum Gasteiger partial charge on any atom is -0.332 e. The van der Waals surface area contributed by atoms with Crippen molar-refractivity contribution < 1.29 is 0 Å². The van der Waals surface area contributed by atoms with Crippen LogP contribution in [0.1, 0.15) is 0 Å². The largest absolute Gasteiger partial charge is 0.332 e. The lowest BCUT2D eigenvalue weighted by molar-refractivity contribution is 1.33. The van der Waals surface area contributed by atoms with Crippen LogP contribution in [0.2, 0.25) is 0 Å². The van der Waals surface area contributed by atoms with E-state index in [9.17, 15) is 0 Å². The number of hydrogen-bond donors (Lipinski definition) is 2. The third-order valence-corrected chi connectivity index (χ3v) is 4.31. The molecule has 2 aromatic carbocycles. The van der Waals surface area contributed by atoms with Crippen molar-refractivity contribution in [3.05, 3.63) is 79.1 Å². The summed E-state index contributed by atoms with van der Waals surface area (Å²) in [5.74, 6) is 0. The van der Waals surface area contributed by atoms with E-state index in [0.717, 1.165) is 16.3 Å². The van der Waals surface area contributed by atoms with E-state index in [4.69, 9.17) is 12.2 Å². The van der Waals surface area contributed by atoms with Crippen molar-refractivity contribution in [2.45, 2.75) is 9.79 Å². The molecule has 0 fully saturated rings. The van der Waals surface area contributed by atoms with Crippen LogP contribution in [0.15, 0.2) is 88.9 Å². The van der Waals surface area contributed by atoms with Gasteiger partial charge in [-0.1, -0.05) is 42.1 Å². The van der Waals surface area contributed by atoms with Gasteiger partial charge in [-0.2, -0.15) is 0 Å². The van der Waals surface area contributed by atoms with Crippen LogP contribution in [0.4, 0.5) is 11.4 Å². The molecule has 0 aliphatic rings. The highest BCUT2D eigenvalue weighted by molar-refractivity contribution is 7.99. The van der Waals surface area contributed by atoms with Gasteiger partial charge < -0.3 is 10.6 Å². The van der Waals surface area contributed by atoms with Gasteiger partial charge in [0.2, 0.25) is 0 Å². The number of nitrogens with one attached hydrogen (secondary N) is 2. The number of pyridine rings is 1. The molecule has 0 spiro atoms. The molecule has 0 amide bonds. The van der Waals surface area contributed by atoms with E-state index in [-0.39, 0.29) is 0 Å². The summed E-state index contributed by atoms with van der Waals surface area (Å²) in [7, 11) is 0. The van der Waals surface area contributed by atoms with Crippen LogP contribution in [0, 0.1) is 0 Å². The summed E-state index contributed by atoms with van der Waals surface area (Å²) in [6.45, 7) is 0. The minimum absolute atomic E-state index is 0.541. The fourth-order valence-electron chi connectivity index (χ4n) is 2.00. The molecule has 0 saturated heterocycles. The maximum atomic E-state index is 5.38. The third kappa shape index (κ3) is 4.55. The molecule has 3 aromatic rings. The lowest BCUT2D eigenvalue weighted by Gasteiger charge is -2.13. The van der Waals surface area contributed by atoms with E-state index in [1.165, 1.54) is 4.90 Å². The Morgan fingerprint density at radius 3 is 2.43 bits per heavy atom. The van der Waals surface area contributed by atoms with Crippen molar-refractivity contribution in [2.75, 3.05) is 10.6 Å². The third-order valence-electron chi connectivity index (χ3n) is 3.03. The van der Waals surface area contributed by atoms with E-state index < -0.39 is 0 Å². The maximum absolute atomic E-state index is 5.38. The molecule has 0 aliphatic carbocycles. The quantitative estimate of drug-likeness (QED) is 0.652. The van der Waals surface area contributed by atoms with Gasteiger partial charge in [-0.15, -0.1) is 0 Å². The van der Waals surface area contributed by atoms with Crippen LogP contribution < -0.4 is 10.6 Å². The van der Waals surface area contributed by atoms with Gasteiger partial charge in [0.25, 0.3) is 0 Å². The van der Waals surface area contributed by atoms with Crippen LogP contribution in [-0.4, -0.2) is 10.1 Å². The molecule has 3 nitrogen and oxygen atoms in total. The van der Waals surface area contributed by atoms with Crippen molar-refractivity contribution in [2.24, 2.45) is 0 Å². The number of hydrogen-bond acceptors (Lipinski definition) is 3. The molecule has 0 unspecified atom stereocenters. The molecule has 0 saturated carbocycles. The van der Waals surface area contributed by atoms with Crippen molar-refractivity contribution in [1.82, 2.24) is 4.98 Å². The molecule has 2 N–H and O–H groups in total. The van der Waals surface area contributed by atoms with Gasteiger partial charge in [0, 0.05) is 16.0 Å². The summed E-state index contributed by atoms with van der Waals surface area (Å²) >= 11 is 7.08. The number of rotatable bonds is 4. The van der Waals surface area contributed by atoms with Gasteiger partial charge in [-0.05, 0) is 48.6 Å². The first-order valence-electron chi connectivity index (χ1n) is 7.11. The Morgan fingerprint density at radius 1 is 0.870 bits per heavy atom. The Kier molecular flexibility index (Phi) is 5.24. The molecule has 5 heteroatoms. The zero-order chi connectivity index (χ0) is 15.9. The van der Waals surface area contributed by atoms with E-state index in [2.05, 4.69) is 33.8 Å². The minimum atomic E-state index is 0.541. The highest BCUT2D eigenvalue weighted by atomic mass is 32.2. The summed E-state index contributed by atoms with van der Waals surface area (Å²) in [6.07, 6.45) is 3.46. The van der Waals surface area contributed by atoms with Crippen LogP contribution in [-0.2, 0) is 0 Å². The van der Waals surface area contributed by atoms with Crippen LogP contribution in [0.3, 0.4) is 0 Å². The van der Waals surface area contributed by atoms with Crippen LogP contribution in [0.25, 0.3) is 0 Å². The predicted octanol–water partition coefficient (Wildman–Crippen LogP) is 5.04. The second-order valence-electron chi connectivity index (χ2n) is 4.73. The molecule has 114 valence electrons. The average Bonchev–Trinajstić information content (AvgIpc) is 2.58. The summed E-state index contributed by atoms with van der Waals surface area (Å²) in [6, 6.07) is 22.2. The molecule has 0 bridgehead atoms. The number of benzene rings is 2. The topological polar surface area (TPSA) is 37.0 Å². The molecule has 0 atom stereocenters. The molecular weight excluding hydrogens is 322 g/mol. The Morgan fingerprint density at radius 2 is 1.65 bits per heavy atom. The first-order chi connectivity index (χ1) is 11.3. The first-order valence-corrected chi connectivity index (χ1v) is 8.34. The van der Waals surface area contributed by atoms with Crippen molar-refractivity contribution in [3.8, 4) is 0 Å². The lowest BCUT2D eigenvalue weighted by atomic mass is 10.3. The highest BCUT2D eigenvalue weighted by Gasteiger charge is 2.06. The number of nitrogens with zero attached hydrogens (tertiary/aromatic N) is 1. The molecule has 1 aromatic heterocycles. The summed E-state index contributed by atoms with van der Waals surface area (Å²) in [4.78, 5) is 6.37. The standard InChI is InChI=1S/C18H15N3S2/c22-18(20-14-7-6-12-19-13-14)21-16-10-4-5-11-17(16)23-15-8-2-1-3-9-15/h1-13H,(H2,20,21,22). The SMILES string of the molecule is S=C(Nc1cccnc1)Nc1ccccc1Sc1ccccc1. The van der Waals surface area contributed by atoms with Gasteiger partial charge in [-0.25, -0.2) is 0 Å². The van der Waals surface area contributed by atoms with Gasteiger partial charge in [0.1, 0.15) is 0 Å². The second kappa shape index (κ2) is 7.76. The molecule has 0 aliphatic heterocycles. The smallest absolute Gasteiger partial charge is 0.175 e. The van der Waals surface area contributed by atoms with Gasteiger partial charge >= 0.3 is 0 Å². The van der Waals surface area contributed by atoms with Crippen molar-refractivity contribution >= 4 is 40.5 Å². The Labute approximate surface area is 145 Å². The van der Waals surface area contributed by atoms with Crippen LogP contribution in [0.5, 0.6) is 0 Å². The second-order valence-corrected chi connectivity index (χ2v) is 6.26. The fourth-order valence-corrected chi connectivity index (χ4v) is 3.15. The van der Waals surface area contributed by atoms with E-state index in [0.29, 0.717) is 5.11 Å². The number of anilines is 2. The summed E-state index contributed by atoms with van der Waals surface area (Å²) in [5.41, 5.74) is 1.83. The average molecular weight is 337 g/mol. The van der Waals surface area contributed by atoms with Gasteiger partial charge in [-0.3, -0.25) is 4.98 Å².